The number of carbonyl (C=O) groups excluding carboxylic acids is 1. The predicted octanol–water partition coefficient (Wildman–Crippen LogP) is 5.49. The van der Waals surface area contributed by atoms with Gasteiger partial charge in [-0.15, -0.1) is 0 Å². The summed E-state index contributed by atoms with van der Waals surface area (Å²) in [4.78, 5) is 20.0. The minimum absolute atomic E-state index is 0.146. The molecule has 3 rings (SSSR count). The predicted molar refractivity (Wildman–Crippen MR) is 116 cm³/mol. The average Bonchev–Trinajstić information content (AvgIpc) is 3.05. The summed E-state index contributed by atoms with van der Waals surface area (Å²) in [6, 6.07) is 15.6. The zero-order valence-electron chi connectivity index (χ0n) is 16.9. The van der Waals surface area contributed by atoms with Gasteiger partial charge in [-0.3, -0.25) is 4.79 Å². The van der Waals surface area contributed by atoms with Crippen LogP contribution in [0.3, 0.4) is 0 Å². The van der Waals surface area contributed by atoms with E-state index < -0.39 is 0 Å². The molecular weight excluding hydrogens is 370 g/mol. The number of hydrogen-bond acceptors (Lipinski definition) is 2. The van der Waals surface area contributed by atoms with E-state index in [1.54, 1.807) is 0 Å². The third-order valence-electron chi connectivity index (χ3n) is 5.07. The molecule has 1 amide bonds. The van der Waals surface area contributed by atoms with Crippen molar-refractivity contribution in [3.63, 3.8) is 0 Å². The zero-order chi connectivity index (χ0) is 20.1. The van der Waals surface area contributed by atoms with Crippen LogP contribution in [0.4, 0.5) is 0 Å². The van der Waals surface area contributed by atoms with E-state index in [1.807, 2.05) is 60.5 Å². The van der Waals surface area contributed by atoms with Crippen molar-refractivity contribution < 1.29 is 4.79 Å². The number of nitrogens with zero attached hydrogens (tertiary/aromatic N) is 3. The van der Waals surface area contributed by atoms with Crippen LogP contribution in [0.5, 0.6) is 0 Å². The molecule has 0 aliphatic rings. The molecule has 0 N–H and O–H groups in total. The van der Waals surface area contributed by atoms with Crippen LogP contribution in [-0.2, 0) is 11.2 Å². The molecule has 28 heavy (non-hydrogen) atoms. The Hall–Kier alpha value is -2.33. The summed E-state index contributed by atoms with van der Waals surface area (Å²) >= 11 is 6.41. The first kappa shape index (κ1) is 20.4. The number of hydrogen-bond donors (Lipinski definition) is 0. The number of fused-ring (bicyclic) bond motifs is 1. The zero-order valence-corrected chi connectivity index (χ0v) is 17.6. The molecule has 2 aromatic carbocycles. The van der Waals surface area contributed by atoms with Crippen molar-refractivity contribution in [2.75, 3.05) is 13.6 Å². The lowest BCUT2D eigenvalue weighted by atomic mass is 10.1. The molecule has 0 saturated carbocycles. The van der Waals surface area contributed by atoms with E-state index in [4.69, 9.17) is 16.6 Å². The number of aromatic nitrogens is 2. The second kappa shape index (κ2) is 9.24. The van der Waals surface area contributed by atoms with Crippen LogP contribution in [-0.4, -0.2) is 34.0 Å². The molecule has 0 saturated heterocycles. The van der Waals surface area contributed by atoms with Gasteiger partial charge in [-0.05, 0) is 36.6 Å². The third kappa shape index (κ3) is 4.22. The van der Waals surface area contributed by atoms with Gasteiger partial charge >= 0.3 is 0 Å². The maximum absolute atomic E-state index is 13.3. The maximum atomic E-state index is 13.3. The molecule has 0 bridgehead atoms. The number of imidazole rings is 1. The molecule has 0 spiro atoms. The molecule has 0 unspecified atom stereocenters. The highest BCUT2D eigenvalue weighted by molar-refractivity contribution is 6.31. The Bertz CT molecular complexity index is 950. The fourth-order valence-electron chi connectivity index (χ4n) is 3.72. The first-order valence-corrected chi connectivity index (χ1v) is 10.4. The monoisotopic (exact) mass is 397 g/mol. The van der Waals surface area contributed by atoms with E-state index in [-0.39, 0.29) is 11.9 Å². The third-order valence-corrected chi connectivity index (χ3v) is 5.44. The summed E-state index contributed by atoms with van der Waals surface area (Å²) in [6.45, 7) is 4.96. The van der Waals surface area contributed by atoms with E-state index >= 15 is 0 Å². The van der Waals surface area contributed by atoms with E-state index in [9.17, 15) is 4.79 Å². The van der Waals surface area contributed by atoms with Crippen LogP contribution in [0, 0.1) is 0 Å². The fourth-order valence-corrected chi connectivity index (χ4v) is 3.92. The molecule has 148 valence electrons. The van der Waals surface area contributed by atoms with Crippen molar-refractivity contribution in [1.82, 2.24) is 14.5 Å². The Morgan fingerprint density at radius 3 is 2.54 bits per heavy atom. The number of halogens is 1. The average molecular weight is 398 g/mol. The minimum atomic E-state index is -0.258. The number of likely N-dealkylation sites (N-methyl/N-ethyl adjacent to an activating group) is 1. The molecule has 1 atom stereocenters. The van der Waals surface area contributed by atoms with Gasteiger partial charge in [-0.25, -0.2) is 4.98 Å². The van der Waals surface area contributed by atoms with Crippen LogP contribution >= 0.6 is 11.6 Å². The topological polar surface area (TPSA) is 38.1 Å². The molecule has 0 radical (unpaired) electrons. The van der Waals surface area contributed by atoms with E-state index in [0.29, 0.717) is 6.42 Å². The van der Waals surface area contributed by atoms with Crippen LogP contribution in [0.2, 0.25) is 5.02 Å². The van der Waals surface area contributed by atoms with Crippen LogP contribution in [0.15, 0.2) is 48.5 Å². The lowest BCUT2D eigenvalue weighted by Gasteiger charge is -2.26. The summed E-state index contributed by atoms with van der Waals surface area (Å²) in [5, 5.41) is 0.725. The molecule has 1 heterocycles. The Morgan fingerprint density at radius 2 is 1.82 bits per heavy atom. The van der Waals surface area contributed by atoms with Gasteiger partial charge in [0.05, 0.1) is 11.0 Å². The summed E-state index contributed by atoms with van der Waals surface area (Å²) in [7, 11) is 1.89. The summed E-state index contributed by atoms with van der Waals surface area (Å²) in [6.07, 6.45) is 3.24. The lowest BCUT2D eigenvalue weighted by molar-refractivity contribution is -0.133. The molecule has 1 aromatic heterocycles. The van der Waals surface area contributed by atoms with Crippen LogP contribution in [0.25, 0.3) is 11.0 Å². The molecule has 5 heteroatoms. The molecule has 0 aliphatic heterocycles. The van der Waals surface area contributed by atoms with Crippen molar-refractivity contribution in [1.29, 1.82) is 0 Å². The molecular formula is C23H28ClN3O. The highest BCUT2D eigenvalue weighted by Gasteiger charge is 2.27. The van der Waals surface area contributed by atoms with Crippen molar-refractivity contribution >= 4 is 28.5 Å². The standard InChI is InChI=1S/C23H28ClN3O/c1-4-10-21(23(28)26(3)15-5-2)27-20-14-9-8-13-19(20)25-22(27)16-17-11-6-7-12-18(17)24/h6-9,11-14,21H,4-5,10,15-16H2,1-3H3/t21-/m1/s1. The normalized spacial score (nSPS) is 12.3. The Balaban J connectivity index is 2.10. The van der Waals surface area contributed by atoms with E-state index in [1.165, 1.54) is 0 Å². The smallest absolute Gasteiger partial charge is 0.245 e. The summed E-state index contributed by atoms with van der Waals surface area (Å²) < 4.78 is 2.14. The summed E-state index contributed by atoms with van der Waals surface area (Å²) in [5.41, 5.74) is 2.93. The summed E-state index contributed by atoms with van der Waals surface area (Å²) in [5.74, 6) is 1.03. The Morgan fingerprint density at radius 1 is 1.11 bits per heavy atom. The van der Waals surface area contributed by atoms with Crippen molar-refractivity contribution in [3.05, 3.63) is 64.9 Å². The number of carbonyl (C=O) groups is 1. The SMILES string of the molecule is CCC[C@H](C(=O)N(C)CCC)n1c(Cc2ccccc2Cl)nc2ccccc21. The highest BCUT2D eigenvalue weighted by atomic mass is 35.5. The number of amides is 1. The quantitative estimate of drug-likeness (QED) is 0.504. The Labute approximate surface area is 172 Å². The molecule has 0 fully saturated rings. The van der Waals surface area contributed by atoms with Gasteiger partial charge in [0.2, 0.25) is 5.91 Å². The molecule has 4 nitrogen and oxygen atoms in total. The second-order valence-corrected chi connectivity index (χ2v) is 7.63. The van der Waals surface area contributed by atoms with Gasteiger partial charge in [0.25, 0.3) is 0 Å². The first-order chi connectivity index (χ1) is 13.6. The molecule has 3 aromatic rings. The van der Waals surface area contributed by atoms with Gasteiger partial charge in [0.1, 0.15) is 11.9 Å². The van der Waals surface area contributed by atoms with Crippen LogP contribution < -0.4 is 0 Å². The lowest BCUT2D eigenvalue weighted by Crippen LogP contribution is -2.35. The number of benzene rings is 2. The van der Waals surface area contributed by atoms with Gasteiger partial charge < -0.3 is 9.47 Å². The van der Waals surface area contributed by atoms with Gasteiger partial charge in [-0.1, -0.05) is 62.2 Å². The van der Waals surface area contributed by atoms with E-state index in [2.05, 4.69) is 18.4 Å². The highest BCUT2D eigenvalue weighted by Crippen LogP contribution is 2.28. The fraction of sp³-hybridized carbons (Fsp3) is 0.391. The first-order valence-electron chi connectivity index (χ1n) is 10.0. The van der Waals surface area contributed by atoms with E-state index in [0.717, 1.165) is 53.3 Å². The molecule has 0 aliphatic carbocycles. The van der Waals surface area contributed by atoms with Gasteiger partial charge in [0, 0.05) is 25.0 Å². The Kier molecular flexibility index (Phi) is 6.74. The minimum Gasteiger partial charge on any atom is -0.344 e. The second-order valence-electron chi connectivity index (χ2n) is 7.22. The van der Waals surface area contributed by atoms with Gasteiger partial charge in [-0.2, -0.15) is 0 Å². The maximum Gasteiger partial charge on any atom is 0.245 e. The van der Waals surface area contributed by atoms with Crippen molar-refractivity contribution in [2.24, 2.45) is 0 Å². The van der Waals surface area contributed by atoms with Crippen molar-refractivity contribution in [2.45, 2.75) is 45.6 Å². The number of para-hydroxylation sites is 2. The van der Waals surface area contributed by atoms with Crippen molar-refractivity contribution in [3.8, 4) is 0 Å². The van der Waals surface area contributed by atoms with Crippen LogP contribution in [0.1, 0.15) is 50.5 Å². The number of rotatable bonds is 8. The largest absolute Gasteiger partial charge is 0.344 e. The van der Waals surface area contributed by atoms with Gasteiger partial charge in [0.15, 0.2) is 0 Å².